The molecule has 2 aromatic rings. The molecule has 0 saturated carbocycles. The molecule has 1 aromatic heterocycles. The van der Waals surface area contributed by atoms with Crippen molar-refractivity contribution in [2.24, 2.45) is 0 Å². The van der Waals surface area contributed by atoms with Crippen LogP contribution in [0.15, 0.2) is 12.1 Å². The number of halogens is 2. The molecule has 2 N–H and O–H groups in total. The quantitative estimate of drug-likeness (QED) is 0.625. The lowest BCUT2D eigenvalue weighted by Gasteiger charge is -2.07. The summed E-state index contributed by atoms with van der Waals surface area (Å²) in [5, 5.41) is 11.1. The summed E-state index contributed by atoms with van der Waals surface area (Å²) in [6.07, 6.45) is 1.65. The highest BCUT2D eigenvalue weighted by atomic mass is 19.1. The van der Waals surface area contributed by atoms with E-state index in [1.807, 2.05) is 6.92 Å². The van der Waals surface area contributed by atoms with E-state index in [9.17, 15) is 8.78 Å². The van der Waals surface area contributed by atoms with Gasteiger partial charge >= 0.3 is 0 Å². The van der Waals surface area contributed by atoms with Gasteiger partial charge in [-0.05, 0) is 29.3 Å². The number of anilines is 1. The number of hydrogen-bond acceptors (Lipinski definition) is 5. The van der Waals surface area contributed by atoms with E-state index >= 15 is 0 Å². The SMILES string of the molecule is CCCOCCCn1nnnc1-c1cc(N)c(F)cc1F. The van der Waals surface area contributed by atoms with Gasteiger partial charge in [0.15, 0.2) is 5.82 Å². The summed E-state index contributed by atoms with van der Waals surface area (Å²) in [7, 11) is 0. The Hall–Kier alpha value is -2.09. The molecule has 2 rings (SSSR count). The fraction of sp³-hybridized carbons (Fsp3) is 0.462. The maximum atomic E-state index is 13.8. The summed E-state index contributed by atoms with van der Waals surface area (Å²) >= 11 is 0. The van der Waals surface area contributed by atoms with Gasteiger partial charge in [0.1, 0.15) is 11.6 Å². The van der Waals surface area contributed by atoms with Gasteiger partial charge in [-0.2, -0.15) is 0 Å². The summed E-state index contributed by atoms with van der Waals surface area (Å²) in [6, 6.07) is 1.93. The van der Waals surface area contributed by atoms with E-state index in [-0.39, 0.29) is 17.1 Å². The number of benzene rings is 1. The van der Waals surface area contributed by atoms with E-state index in [0.29, 0.717) is 26.2 Å². The fourth-order valence-electron chi connectivity index (χ4n) is 1.85. The Balaban J connectivity index is 2.11. The normalized spacial score (nSPS) is 11.0. The Morgan fingerprint density at radius 3 is 2.81 bits per heavy atom. The summed E-state index contributed by atoms with van der Waals surface area (Å²) in [5.74, 6) is -1.34. The highest BCUT2D eigenvalue weighted by Crippen LogP contribution is 2.24. The Labute approximate surface area is 120 Å². The standard InChI is InChI=1S/C13H17F2N5O/c1-2-5-21-6-3-4-20-13(17-18-19-20)9-7-12(16)11(15)8-10(9)14/h7-8H,2-6,16H2,1H3. The van der Waals surface area contributed by atoms with Crippen LogP contribution in [0.4, 0.5) is 14.5 Å². The molecule has 8 heteroatoms. The summed E-state index contributed by atoms with van der Waals surface area (Å²) < 4.78 is 33.8. The largest absolute Gasteiger partial charge is 0.396 e. The van der Waals surface area contributed by atoms with Gasteiger partial charge in [-0.1, -0.05) is 6.92 Å². The van der Waals surface area contributed by atoms with Crippen molar-refractivity contribution in [3.8, 4) is 11.4 Å². The minimum absolute atomic E-state index is 0.0772. The molecule has 0 bridgehead atoms. The molecule has 1 aromatic carbocycles. The average Bonchev–Trinajstić information content (AvgIpc) is 2.91. The van der Waals surface area contributed by atoms with Crippen molar-refractivity contribution in [3.63, 3.8) is 0 Å². The van der Waals surface area contributed by atoms with Gasteiger partial charge in [0.2, 0.25) is 0 Å². The van der Waals surface area contributed by atoms with Gasteiger partial charge in [0.05, 0.1) is 11.3 Å². The monoisotopic (exact) mass is 297 g/mol. The Bertz CT molecular complexity index is 602. The molecule has 6 nitrogen and oxygen atoms in total. The van der Waals surface area contributed by atoms with Crippen LogP contribution in [0.2, 0.25) is 0 Å². The molecule has 0 aliphatic heterocycles. The summed E-state index contributed by atoms with van der Waals surface area (Å²) in [6.45, 7) is 3.77. The fourth-order valence-corrected chi connectivity index (χ4v) is 1.85. The number of aromatic nitrogens is 4. The Morgan fingerprint density at radius 1 is 1.24 bits per heavy atom. The zero-order chi connectivity index (χ0) is 15.2. The maximum absolute atomic E-state index is 13.8. The Morgan fingerprint density at radius 2 is 2.05 bits per heavy atom. The topological polar surface area (TPSA) is 78.8 Å². The van der Waals surface area contributed by atoms with Crippen LogP contribution in [0, 0.1) is 11.6 Å². The van der Waals surface area contributed by atoms with Gasteiger partial charge in [-0.15, -0.1) is 5.10 Å². The highest BCUT2D eigenvalue weighted by Gasteiger charge is 2.16. The van der Waals surface area contributed by atoms with Crippen molar-refractivity contribution in [2.45, 2.75) is 26.3 Å². The molecule has 0 radical (unpaired) electrons. The first-order chi connectivity index (χ1) is 10.1. The van der Waals surface area contributed by atoms with Crippen LogP contribution in [0.5, 0.6) is 0 Å². The van der Waals surface area contributed by atoms with Crippen LogP contribution in [0.3, 0.4) is 0 Å². The molecule has 21 heavy (non-hydrogen) atoms. The smallest absolute Gasteiger partial charge is 0.185 e. The second-order valence-corrected chi connectivity index (χ2v) is 4.55. The van der Waals surface area contributed by atoms with Crippen LogP contribution in [0.1, 0.15) is 19.8 Å². The molecular formula is C13H17F2N5O. The molecule has 114 valence electrons. The van der Waals surface area contributed by atoms with E-state index in [2.05, 4.69) is 15.5 Å². The lowest BCUT2D eigenvalue weighted by molar-refractivity contribution is 0.128. The molecule has 0 atom stereocenters. The van der Waals surface area contributed by atoms with E-state index in [1.54, 1.807) is 0 Å². The second kappa shape index (κ2) is 7.07. The number of rotatable bonds is 7. The molecule has 0 aliphatic carbocycles. The molecule has 0 saturated heterocycles. The number of nitrogens with two attached hydrogens (primary N) is 1. The summed E-state index contributed by atoms with van der Waals surface area (Å²) in [4.78, 5) is 0. The number of tetrazole rings is 1. The minimum Gasteiger partial charge on any atom is -0.396 e. The Kier molecular flexibility index (Phi) is 5.15. The minimum atomic E-state index is -0.803. The number of aryl methyl sites for hydroxylation is 1. The number of nitrogens with zero attached hydrogens (tertiary/aromatic N) is 4. The van der Waals surface area contributed by atoms with Gasteiger partial charge in [-0.25, -0.2) is 13.5 Å². The van der Waals surface area contributed by atoms with E-state index in [4.69, 9.17) is 10.5 Å². The molecule has 0 spiro atoms. The van der Waals surface area contributed by atoms with Crippen LogP contribution in [-0.2, 0) is 11.3 Å². The van der Waals surface area contributed by atoms with E-state index in [1.165, 1.54) is 10.7 Å². The lowest BCUT2D eigenvalue weighted by atomic mass is 10.1. The van der Waals surface area contributed by atoms with Crippen molar-refractivity contribution < 1.29 is 13.5 Å². The third kappa shape index (κ3) is 3.72. The van der Waals surface area contributed by atoms with Crippen LogP contribution in [-0.4, -0.2) is 33.4 Å². The predicted octanol–water partition coefficient (Wildman–Crippen LogP) is 2.02. The van der Waals surface area contributed by atoms with Crippen molar-refractivity contribution in [1.29, 1.82) is 0 Å². The first-order valence-electron chi connectivity index (χ1n) is 6.72. The van der Waals surface area contributed by atoms with Gasteiger partial charge in [0.25, 0.3) is 0 Å². The zero-order valence-corrected chi connectivity index (χ0v) is 11.7. The number of ether oxygens (including phenoxy) is 1. The van der Waals surface area contributed by atoms with Crippen molar-refractivity contribution in [3.05, 3.63) is 23.8 Å². The maximum Gasteiger partial charge on any atom is 0.185 e. The zero-order valence-electron chi connectivity index (χ0n) is 11.7. The van der Waals surface area contributed by atoms with Crippen LogP contribution in [0.25, 0.3) is 11.4 Å². The van der Waals surface area contributed by atoms with Crippen LogP contribution < -0.4 is 5.73 Å². The molecule has 0 fully saturated rings. The van der Waals surface area contributed by atoms with Crippen LogP contribution >= 0.6 is 0 Å². The highest BCUT2D eigenvalue weighted by molar-refractivity contribution is 5.62. The second-order valence-electron chi connectivity index (χ2n) is 4.55. The molecule has 0 aliphatic rings. The molecule has 1 heterocycles. The van der Waals surface area contributed by atoms with E-state index < -0.39 is 11.6 Å². The lowest BCUT2D eigenvalue weighted by Crippen LogP contribution is -2.07. The molecule has 0 amide bonds. The first-order valence-corrected chi connectivity index (χ1v) is 6.72. The van der Waals surface area contributed by atoms with Gasteiger partial charge in [0, 0.05) is 25.8 Å². The van der Waals surface area contributed by atoms with Crippen molar-refractivity contribution in [1.82, 2.24) is 20.2 Å². The third-order valence-electron chi connectivity index (χ3n) is 2.87. The van der Waals surface area contributed by atoms with Crippen molar-refractivity contribution >= 4 is 5.69 Å². The van der Waals surface area contributed by atoms with E-state index in [0.717, 1.165) is 12.5 Å². The number of nitrogen functional groups attached to an aromatic ring is 1. The predicted molar refractivity (Wildman–Crippen MR) is 73.3 cm³/mol. The number of hydrogen-bond donors (Lipinski definition) is 1. The summed E-state index contributed by atoms with van der Waals surface area (Å²) in [5.41, 5.74) is 5.39. The van der Waals surface area contributed by atoms with Gasteiger partial charge < -0.3 is 10.5 Å². The first kappa shape index (κ1) is 15.3. The molecule has 0 unspecified atom stereocenters. The third-order valence-corrected chi connectivity index (χ3v) is 2.87. The molecular weight excluding hydrogens is 280 g/mol. The van der Waals surface area contributed by atoms with Crippen molar-refractivity contribution in [2.75, 3.05) is 18.9 Å². The van der Waals surface area contributed by atoms with Gasteiger partial charge in [-0.3, -0.25) is 0 Å². The average molecular weight is 297 g/mol.